The molecule has 1 unspecified atom stereocenters. The first-order valence-corrected chi connectivity index (χ1v) is 10.8. The summed E-state index contributed by atoms with van der Waals surface area (Å²) >= 11 is 13.4. The summed E-state index contributed by atoms with van der Waals surface area (Å²) in [6.07, 6.45) is -0.409. The quantitative estimate of drug-likeness (QED) is 0.434. The molecule has 2 aromatic carbocycles. The van der Waals surface area contributed by atoms with Crippen LogP contribution in [0.4, 0.5) is 10.1 Å². The van der Waals surface area contributed by atoms with E-state index in [-0.39, 0.29) is 17.5 Å². The highest BCUT2D eigenvalue weighted by Crippen LogP contribution is 2.30. The predicted octanol–water partition coefficient (Wildman–Crippen LogP) is 5.61. The molecule has 3 rings (SSSR count). The van der Waals surface area contributed by atoms with Gasteiger partial charge < -0.3 is 14.6 Å². The number of amides is 1. The average Bonchev–Trinajstić information content (AvgIpc) is 3.14. The minimum Gasteiger partial charge on any atom is -0.483 e. The monoisotopic (exact) mass is 468 g/mol. The van der Waals surface area contributed by atoms with E-state index >= 15 is 0 Å². The van der Waals surface area contributed by atoms with E-state index in [1.165, 1.54) is 23.9 Å². The summed E-state index contributed by atoms with van der Waals surface area (Å²) in [6.45, 7) is 4.38. The number of nitrogens with one attached hydrogen (secondary N) is 1. The SMILES string of the molecule is CCn1c(SCC(=O)Nc2c(Cl)cccc2Cl)nnc1C(C)Oc1ccc(F)cc1. The van der Waals surface area contributed by atoms with Crippen molar-refractivity contribution in [2.45, 2.75) is 31.7 Å². The maximum atomic E-state index is 13.1. The summed E-state index contributed by atoms with van der Waals surface area (Å²) in [6, 6.07) is 10.8. The van der Waals surface area contributed by atoms with E-state index in [0.717, 1.165) is 0 Å². The van der Waals surface area contributed by atoms with Crippen LogP contribution in [0.25, 0.3) is 0 Å². The Bertz CT molecular complexity index is 1010. The van der Waals surface area contributed by atoms with Gasteiger partial charge in [-0.2, -0.15) is 0 Å². The lowest BCUT2D eigenvalue weighted by atomic mass is 10.3. The zero-order valence-corrected chi connectivity index (χ0v) is 18.6. The Labute approximate surface area is 187 Å². The molecule has 0 aliphatic heterocycles. The number of rotatable bonds is 8. The van der Waals surface area contributed by atoms with Gasteiger partial charge in [-0.15, -0.1) is 10.2 Å². The third-order valence-corrected chi connectivity index (χ3v) is 5.71. The summed E-state index contributed by atoms with van der Waals surface area (Å²) in [4.78, 5) is 12.3. The first-order chi connectivity index (χ1) is 14.4. The summed E-state index contributed by atoms with van der Waals surface area (Å²) in [5, 5.41) is 12.4. The van der Waals surface area contributed by atoms with E-state index in [0.29, 0.717) is 39.0 Å². The topological polar surface area (TPSA) is 69.0 Å². The fourth-order valence-corrected chi connectivity index (χ4v) is 4.00. The number of hydrogen-bond donors (Lipinski definition) is 1. The Kier molecular flexibility index (Phi) is 7.58. The van der Waals surface area contributed by atoms with Crippen LogP contribution in [-0.2, 0) is 11.3 Å². The second kappa shape index (κ2) is 10.1. The first kappa shape index (κ1) is 22.4. The number of carbonyl (C=O) groups excluding carboxylic acids is 1. The van der Waals surface area contributed by atoms with Gasteiger partial charge in [0.25, 0.3) is 0 Å². The van der Waals surface area contributed by atoms with Crippen LogP contribution < -0.4 is 10.1 Å². The number of halogens is 3. The van der Waals surface area contributed by atoms with Crippen LogP contribution in [0.15, 0.2) is 47.6 Å². The Balaban J connectivity index is 1.65. The molecule has 0 fully saturated rings. The highest BCUT2D eigenvalue weighted by Gasteiger charge is 2.20. The van der Waals surface area contributed by atoms with Gasteiger partial charge in [-0.05, 0) is 50.2 Å². The van der Waals surface area contributed by atoms with E-state index in [1.54, 1.807) is 30.3 Å². The van der Waals surface area contributed by atoms with Crippen LogP contribution >= 0.6 is 35.0 Å². The van der Waals surface area contributed by atoms with E-state index in [1.807, 2.05) is 18.4 Å². The third kappa shape index (κ3) is 5.44. The van der Waals surface area contributed by atoms with Crippen molar-refractivity contribution >= 4 is 46.6 Å². The lowest BCUT2D eigenvalue weighted by Gasteiger charge is -2.15. The van der Waals surface area contributed by atoms with Crippen LogP contribution in [-0.4, -0.2) is 26.4 Å². The molecule has 10 heteroatoms. The lowest BCUT2D eigenvalue weighted by Crippen LogP contribution is -2.16. The summed E-state index contributed by atoms with van der Waals surface area (Å²) in [5.41, 5.74) is 0.380. The molecule has 0 bridgehead atoms. The number of carbonyl (C=O) groups is 1. The molecule has 0 aliphatic carbocycles. The maximum absolute atomic E-state index is 13.1. The molecule has 1 N–H and O–H groups in total. The highest BCUT2D eigenvalue weighted by molar-refractivity contribution is 7.99. The molecule has 1 amide bonds. The van der Waals surface area contributed by atoms with Gasteiger partial charge >= 0.3 is 0 Å². The van der Waals surface area contributed by atoms with Crippen LogP contribution in [0.3, 0.4) is 0 Å². The van der Waals surface area contributed by atoms with Gasteiger partial charge in [-0.1, -0.05) is 41.0 Å². The highest BCUT2D eigenvalue weighted by atomic mass is 35.5. The molecular weight excluding hydrogens is 450 g/mol. The predicted molar refractivity (Wildman–Crippen MR) is 117 cm³/mol. The summed E-state index contributed by atoms with van der Waals surface area (Å²) in [5.74, 6) is 0.644. The molecule has 1 atom stereocenters. The number of hydrogen-bond acceptors (Lipinski definition) is 5. The molecule has 158 valence electrons. The normalized spacial score (nSPS) is 11.9. The zero-order valence-electron chi connectivity index (χ0n) is 16.2. The van der Waals surface area contributed by atoms with Crippen molar-refractivity contribution in [3.05, 3.63) is 64.2 Å². The van der Waals surface area contributed by atoms with Crippen molar-refractivity contribution < 1.29 is 13.9 Å². The smallest absolute Gasteiger partial charge is 0.234 e. The largest absolute Gasteiger partial charge is 0.483 e. The molecule has 1 aromatic heterocycles. The number of aromatic nitrogens is 3. The molecule has 6 nitrogen and oxygen atoms in total. The number of anilines is 1. The molecule has 0 spiro atoms. The Morgan fingerprint density at radius 3 is 2.50 bits per heavy atom. The van der Waals surface area contributed by atoms with Crippen molar-refractivity contribution in [1.82, 2.24) is 14.8 Å². The Hall–Kier alpha value is -2.29. The number of thioether (sulfide) groups is 1. The summed E-state index contributed by atoms with van der Waals surface area (Å²) < 4.78 is 20.8. The average molecular weight is 469 g/mol. The molecule has 0 radical (unpaired) electrons. The van der Waals surface area contributed by atoms with Gasteiger partial charge in [-0.25, -0.2) is 4.39 Å². The van der Waals surface area contributed by atoms with E-state index in [4.69, 9.17) is 27.9 Å². The van der Waals surface area contributed by atoms with Crippen molar-refractivity contribution in [1.29, 1.82) is 0 Å². The van der Waals surface area contributed by atoms with Crippen molar-refractivity contribution in [3.63, 3.8) is 0 Å². The number of benzene rings is 2. The molecule has 1 heterocycles. The molecule has 0 saturated heterocycles. The third-order valence-electron chi connectivity index (χ3n) is 4.11. The van der Waals surface area contributed by atoms with Crippen molar-refractivity contribution in [3.8, 4) is 5.75 Å². The molecule has 3 aromatic rings. The zero-order chi connectivity index (χ0) is 21.7. The van der Waals surface area contributed by atoms with Gasteiger partial charge in [-0.3, -0.25) is 4.79 Å². The van der Waals surface area contributed by atoms with Crippen LogP contribution in [0.2, 0.25) is 10.0 Å². The first-order valence-electron chi connectivity index (χ1n) is 9.11. The number of nitrogens with zero attached hydrogens (tertiary/aromatic N) is 3. The van der Waals surface area contributed by atoms with Crippen LogP contribution in [0.1, 0.15) is 25.8 Å². The van der Waals surface area contributed by atoms with Gasteiger partial charge in [0.05, 0.1) is 21.5 Å². The fraction of sp³-hybridized carbons (Fsp3) is 0.250. The Morgan fingerprint density at radius 1 is 1.20 bits per heavy atom. The second-order valence-electron chi connectivity index (χ2n) is 6.23. The van der Waals surface area contributed by atoms with Crippen molar-refractivity contribution in [2.75, 3.05) is 11.1 Å². The fourth-order valence-electron chi connectivity index (χ4n) is 2.70. The van der Waals surface area contributed by atoms with Crippen LogP contribution in [0, 0.1) is 5.82 Å². The Morgan fingerprint density at radius 2 is 1.87 bits per heavy atom. The molecule has 30 heavy (non-hydrogen) atoms. The standard InChI is InChI=1S/C20H19Cl2FN4O2S/c1-3-27-19(12(2)29-14-9-7-13(23)8-10-14)25-26-20(27)30-11-17(28)24-18-15(21)5-4-6-16(18)22/h4-10,12H,3,11H2,1-2H3,(H,24,28). The number of para-hydroxylation sites is 1. The molecule has 0 saturated carbocycles. The van der Waals surface area contributed by atoms with Gasteiger partial charge in [0, 0.05) is 6.54 Å². The summed E-state index contributed by atoms with van der Waals surface area (Å²) in [7, 11) is 0. The van der Waals surface area contributed by atoms with E-state index in [9.17, 15) is 9.18 Å². The van der Waals surface area contributed by atoms with Crippen LogP contribution in [0.5, 0.6) is 5.75 Å². The second-order valence-corrected chi connectivity index (χ2v) is 7.99. The molecule has 0 aliphatic rings. The van der Waals surface area contributed by atoms with Crippen molar-refractivity contribution in [2.24, 2.45) is 0 Å². The maximum Gasteiger partial charge on any atom is 0.234 e. The minimum atomic E-state index is -0.409. The minimum absolute atomic E-state index is 0.104. The van der Waals surface area contributed by atoms with Gasteiger partial charge in [0.2, 0.25) is 5.91 Å². The lowest BCUT2D eigenvalue weighted by molar-refractivity contribution is -0.113. The van der Waals surface area contributed by atoms with Gasteiger partial charge in [0.1, 0.15) is 11.6 Å². The van der Waals surface area contributed by atoms with E-state index in [2.05, 4.69) is 15.5 Å². The van der Waals surface area contributed by atoms with Gasteiger partial charge in [0.15, 0.2) is 17.1 Å². The van der Waals surface area contributed by atoms with E-state index < -0.39 is 6.10 Å². The number of ether oxygens (including phenoxy) is 1. The molecular formula is C20H19Cl2FN4O2S.